The summed E-state index contributed by atoms with van der Waals surface area (Å²) < 4.78 is 13.5. The third-order valence-corrected chi connectivity index (χ3v) is 6.85. The highest BCUT2D eigenvalue weighted by molar-refractivity contribution is 6.30. The first-order chi connectivity index (χ1) is 17.8. The van der Waals surface area contributed by atoms with Gasteiger partial charge in [-0.25, -0.2) is 9.97 Å². The van der Waals surface area contributed by atoms with Gasteiger partial charge in [0.05, 0.1) is 30.9 Å². The number of hydrogen-bond donors (Lipinski definition) is 1. The summed E-state index contributed by atoms with van der Waals surface area (Å²) in [5.74, 6) is 1.72. The van der Waals surface area contributed by atoms with Crippen molar-refractivity contribution in [2.75, 3.05) is 38.2 Å². The molecule has 4 heterocycles. The number of hydrogen-bond acceptors (Lipinski definition) is 6. The Morgan fingerprint density at radius 3 is 2.50 bits per heavy atom. The second-order valence-electron chi connectivity index (χ2n) is 8.74. The monoisotopic (exact) mass is 499 g/mol. The summed E-state index contributed by atoms with van der Waals surface area (Å²) >= 11 is 6.16. The summed E-state index contributed by atoms with van der Waals surface area (Å²) in [6.45, 7) is 3.79. The zero-order valence-electron chi connectivity index (χ0n) is 19.7. The molecule has 6 rings (SSSR count). The SMILES string of the molecule is Clc1ccc(-n2cc(-c3ccccc3)c3c(NC[C@H](c4ccco4)N4CCOCC4)ncnc32)cc1. The molecule has 0 bridgehead atoms. The molecule has 1 atom stereocenters. The van der Waals surface area contributed by atoms with Crippen LogP contribution in [0.1, 0.15) is 11.8 Å². The summed E-state index contributed by atoms with van der Waals surface area (Å²) in [6.07, 6.45) is 5.46. The number of nitrogens with zero attached hydrogens (tertiary/aromatic N) is 4. The highest BCUT2D eigenvalue weighted by atomic mass is 35.5. The Morgan fingerprint density at radius 2 is 1.75 bits per heavy atom. The van der Waals surface area contributed by atoms with Crippen molar-refractivity contribution in [3.8, 4) is 16.8 Å². The standard InChI is InChI=1S/C28H26ClN5O2/c29-21-8-10-22(11-9-21)34-18-23(20-5-2-1-3-6-20)26-27(31-19-32-28(26)34)30-17-24(25-7-4-14-36-25)33-12-15-35-16-13-33/h1-11,14,18-19,24H,12-13,15-17H2,(H,30,31,32)/t24-/m1/s1. The van der Waals surface area contributed by atoms with E-state index in [0.717, 1.165) is 65.7 Å². The molecule has 0 spiro atoms. The Kier molecular flexibility index (Phi) is 6.42. The van der Waals surface area contributed by atoms with Crippen LogP contribution < -0.4 is 5.32 Å². The van der Waals surface area contributed by atoms with Crippen molar-refractivity contribution in [2.45, 2.75) is 6.04 Å². The zero-order valence-corrected chi connectivity index (χ0v) is 20.4. The molecule has 182 valence electrons. The zero-order chi connectivity index (χ0) is 24.3. The van der Waals surface area contributed by atoms with Gasteiger partial charge in [0.25, 0.3) is 0 Å². The van der Waals surface area contributed by atoms with Crippen LogP contribution in [-0.2, 0) is 4.74 Å². The lowest BCUT2D eigenvalue weighted by atomic mass is 10.1. The fourth-order valence-corrected chi connectivity index (χ4v) is 4.93. The number of nitrogens with one attached hydrogen (secondary N) is 1. The number of aromatic nitrogens is 3. The fraction of sp³-hybridized carbons (Fsp3) is 0.214. The summed E-state index contributed by atoms with van der Waals surface area (Å²) in [5.41, 5.74) is 3.97. The van der Waals surface area contributed by atoms with Gasteiger partial charge in [-0.3, -0.25) is 4.90 Å². The summed E-state index contributed by atoms with van der Waals surface area (Å²) in [5, 5.41) is 5.30. The van der Waals surface area contributed by atoms with E-state index in [0.29, 0.717) is 11.6 Å². The maximum Gasteiger partial charge on any atom is 0.150 e. The number of ether oxygens (including phenoxy) is 1. The maximum absolute atomic E-state index is 6.16. The van der Waals surface area contributed by atoms with E-state index < -0.39 is 0 Å². The highest BCUT2D eigenvalue weighted by Gasteiger charge is 2.26. The van der Waals surface area contributed by atoms with Crippen LogP contribution in [0.5, 0.6) is 0 Å². The number of halogens is 1. The normalized spacial score (nSPS) is 15.2. The van der Waals surface area contributed by atoms with Crippen LogP contribution in [0.15, 0.2) is 89.9 Å². The van der Waals surface area contributed by atoms with Gasteiger partial charge in [0.2, 0.25) is 0 Å². The van der Waals surface area contributed by atoms with Gasteiger partial charge in [0.1, 0.15) is 17.9 Å². The number of anilines is 1. The summed E-state index contributed by atoms with van der Waals surface area (Å²) in [7, 11) is 0. The van der Waals surface area contributed by atoms with E-state index in [2.05, 4.69) is 43.1 Å². The van der Waals surface area contributed by atoms with Gasteiger partial charge in [0.15, 0.2) is 5.65 Å². The van der Waals surface area contributed by atoms with Crippen molar-refractivity contribution in [3.05, 3.63) is 96.3 Å². The minimum absolute atomic E-state index is 0.0624. The van der Waals surface area contributed by atoms with Crippen LogP contribution in [0, 0.1) is 0 Å². The van der Waals surface area contributed by atoms with Gasteiger partial charge < -0.3 is 19.0 Å². The van der Waals surface area contributed by atoms with Crippen molar-refractivity contribution in [3.63, 3.8) is 0 Å². The fourth-order valence-electron chi connectivity index (χ4n) is 4.80. The van der Waals surface area contributed by atoms with Crippen LogP contribution in [0.3, 0.4) is 0 Å². The molecular formula is C28H26ClN5O2. The van der Waals surface area contributed by atoms with E-state index >= 15 is 0 Å². The van der Waals surface area contributed by atoms with Crippen LogP contribution in [0.25, 0.3) is 27.8 Å². The number of rotatable bonds is 7. The molecule has 0 radical (unpaired) electrons. The predicted molar refractivity (Wildman–Crippen MR) is 142 cm³/mol. The molecule has 2 aromatic carbocycles. The summed E-state index contributed by atoms with van der Waals surface area (Å²) in [6, 6.07) is 22.1. The van der Waals surface area contributed by atoms with Crippen LogP contribution in [0.2, 0.25) is 5.02 Å². The van der Waals surface area contributed by atoms with E-state index in [9.17, 15) is 0 Å². The minimum atomic E-state index is 0.0624. The first-order valence-corrected chi connectivity index (χ1v) is 12.4. The average molecular weight is 500 g/mol. The Morgan fingerprint density at radius 1 is 0.944 bits per heavy atom. The van der Waals surface area contributed by atoms with Crippen LogP contribution in [-0.4, -0.2) is 52.3 Å². The maximum atomic E-state index is 6.16. The van der Waals surface area contributed by atoms with Gasteiger partial charge in [-0.1, -0.05) is 41.9 Å². The van der Waals surface area contributed by atoms with E-state index in [1.54, 1.807) is 12.6 Å². The Hall–Kier alpha value is -3.65. The molecule has 0 amide bonds. The van der Waals surface area contributed by atoms with Crippen molar-refractivity contribution in [1.29, 1.82) is 0 Å². The van der Waals surface area contributed by atoms with E-state index in [4.69, 9.17) is 20.8 Å². The van der Waals surface area contributed by atoms with E-state index in [-0.39, 0.29) is 6.04 Å². The van der Waals surface area contributed by atoms with Crippen LogP contribution in [0.4, 0.5) is 5.82 Å². The van der Waals surface area contributed by atoms with Crippen molar-refractivity contribution < 1.29 is 9.15 Å². The van der Waals surface area contributed by atoms with E-state index in [1.807, 2.05) is 54.6 Å². The Balaban J connectivity index is 1.42. The van der Waals surface area contributed by atoms with Crippen molar-refractivity contribution in [2.24, 2.45) is 0 Å². The van der Waals surface area contributed by atoms with E-state index in [1.165, 1.54) is 0 Å². The topological polar surface area (TPSA) is 68.4 Å². The van der Waals surface area contributed by atoms with Crippen molar-refractivity contribution in [1.82, 2.24) is 19.4 Å². The molecule has 0 unspecified atom stereocenters. The third kappa shape index (κ3) is 4.48. The predicted octanol–water partition coefficient (Wildman–Crippen LogP) is 5.82. The average Bonchev–Trinajstić information content (AvgIpc) is 3.60. The molecule has 3 aromatic heterocycles. The van der Waals surface area contributed by atoms with Gasteiger partial charge in [-0.2, -0.15) is 0 Å². The molecule has 1 saturated heterocycles. The molecular weight excluding hydrogens is 474 g/mol. The molecule has 36 heavy (non-hydrogen) atoms. The first kappa shape index (κ1) is 22.8. The summed E-state index contributed by atoms with van der Waals surface area (Å²) in [4.78, 5) is 11.8. The molecule has 1 aliphatic rings. The smallest absolute Gasteiger partial charge is 0.150 e. The number of morpholine rings is 1. The molecule has 5 aromatic rings. The Bertz CT molecular complexity index is 1430. The van der Waals surface area contributed by atoms with Crippen molar-refractivity contribution >= 4 is 28.5 Å². The lowest BCUT2D eigenvalue weighted by Crippen LogP contribution is -2.41. The highest BCUT2D eigenvalue weighted by Crippen LogP contribution is 2.36. The van der Waals surface area contributed by atoms with Gasteiger partial charge in [0, 0.05) is 42.1 Å². The first-order valence-electron chi connectivity index (χ1n) is 12.0. The second kappa shape index (κ2) is 10.1. The molecule has 1 fully saturated rings. The molecule has 1 aliphatic heterocycles. The number of fused-ring (bicyclic) bond motifs is 1. The molecule has 0 saturated carbocycles. The molecule has 7 nitrogen and oxygen atoms in total. The lowest BCUT2D eigenvalue weighted by molar-refractivity contribution is 0.0144. The Labute approximate surface area is 214 Å². The van der Waals surface area contributed by atoms with Gasteiger partial charge in [-0.15, -0.1) is 0 Å². The van der Waals surface area contributed by atoms with Gasteiger partial charge >= 0.3 is 0 Å². The molecule has 1 N–H and O–H groups in total. The molecule has 8 heteroatoms. The van der Waals surface area contributed by atoms with Crippen LogP contribution >= 0.6 is 11.6 Å². The lowest BCUT2D eigenvalue weighted by Gasteiger charge is -2.33. The third-order valence-electron chi connectivity index (χ3n) is 6.59. The number of furan rings is 1. The minimum Gasteiger partial charge on any atom is -0.468 e. The number of benzene rings is 2. The quantitative estimate of drug-likeness (QED) is 0.304. The van der Waals surface area contributed by atoms with Gasteiger partial charge in [-0.05, 0) is 42.0 Å². The largest absolute Gasteiger partial charge is 0.468 e. The second-order valence-corrected chi connectivity index (χ2v) is 9.17. The molecule has 0 aliphatic carbocycles.